The molecule has 0 aromatic carbocycles. The van der Waals surface area contributed by atoms with E-state index in [0.717, 1.165) is 0 Å². The van der Waals surface area contributed by atoms with Gasteiger partial charge in [-0.25, -0.2) is 0 Å². The Kier molecular flexibility index (Phi) is 4.85. The summed E-state index contributed by atoms with van der Waals surface area (Å²) in [5.74, 6) is -0.336. The lowest BCUT2D eigenvalue weighted by Crippen LogP contribution is -2.59. The van der Waals surface area contributed by atoms with Crippen LogP contribution < -0.4 is 4.98 Å². The number of nitrogens with one attached hydrogen (secondary N) is 1. The highest BCUT2D eigenvalue weighted by atomic mass is 28.4. The van der Waals surface area contributed by atoms with Gasteiger partial charge in [0.1, 0.15) is 0 Å². The molecule has 0 aliphatic heterocycles. The number of carbonyl (C=O) groups is 1. The van der Waals surface area contributed by atoms with Crippen LogP contribution in [0.1, 0.15) is 6.92 Å². The van der Waals surface area contributed by atoms with Crippen LogP contribution in [-0.2, 0) is 18.1 Å². The molecule has 0 atom stereocenters. The molecule has 1 amide bonds. The number of rotatable bonds is 5. The molecule has 76 valence electrons. The normalized spacial score (nSPS) is 11.1. The Hall–Kier alpha value is -0.693. The van der Waals surface area contributed by atoms with Gasteiger partial charge in [0.25, 0.3) is 0 Å². The first-order valence-corrected chi connectivity index (χ1v) is 5.37. The molecular weight excluding hydrogens is 190 g/mol. The van der Waals surface area contributed by atoms with E-state index in [-0.39, 0.29) is 5.91 Å². The van der Waals surface area contributed by atoms with Gasteiger partial charge in [0.05, 0.1) is 0 Å². The summed E-state index contributed by atoms with van der Waals surface area (Å²) >= 11 is 0. The fourth-order valence-electron chi connectivity index (χ4n) is 0.649. The molecule has 0 saturated carbocycles. The Morgan fingerprint density at radius 2 is 1.62 bits per heavy atom. The van der Waals surface area contributed by atoms with Crippen LogP contribution in [0.5, 0.6) is 0 Å². The first kappa shape index (κ1) is 12.3. The van der Waals surface area contributed by atoms with Crippen molar-refractivity contribution in [2.45, 2.75) is 6.92 Å². The predicted molar refractivity (Wildman–Crippen MR) is 49.7 cm³/mol. The van der Waals surface area contributed by atoms with Crippen molar-refractivity contribution < 1.29 is 18.1 Å². The van der Waals surface area contributed by atoms with Crippen molar-refractivity contribution in [1.29, 1.82) is 0 Å². The van der Waals surface area contributed by atoms with E-state index in [4.69, 9.17) is 13.3 Å². The Morgan fingerprint density at radius 3 is 1.85 bits per heavy atom. The third kappa shape index (κ3) is 3.27. The summed E-state index contributed by atoms with van der Waals surface area (Å²) in [5, 5.41) is 0. The van der Waals surface area contributed by atoms with Gasteiger partial charge in [0.2, 0.25) is 5.91 Å². The Bertz CT molecular complexity index is 194. The van der Waals surface area contributed by atoms with Gasteiger partial charge in [-0.2, -0.15) is 0 Å². The predicted octanol–water partition coefficient (Wildman–Crippen LogP) is 0.0535. The van der Waals surface area contributed by atoms with Crippen molar-refractivity contribution >= 4 is 14.9 Å². The lowest BCUT2D eigenvalue weighted by Gasteiger charge is -2.23. The zero-order valence-corrected chi connectivity index (χ0v) is 9.34. The average molecular weight is 205 g/mol. The van der Waals surface area contributed by atoms with Crippen molar-refractivity contribution in [3.8, 4) is 0 Å². The van der Waals surface area contributed by atoms with E-state index in [0.29, 0.717) is 5.57 Å². The van der Waals surface area contributed by atoms with E-state index in [2.05, 4.69) is 11.6 Å². The fourth-order valence-corrected chi connectivity index (χ4v) is 1.95. The smallest absolute Gasteiger partial charge is 0.360 e. The quantitative estimate of drug-likeness (QED) is 0.509. The van der Waals surface area contributed by atoms with Gasteiger partial charge in [-0.15, -0.1) is 0 Å². The van der Waals surface area contributed by atoms with Gasteiger partial charge in [0, 0.05) is 26.9 Å². The number of carbonyl (C=O) groups excluding carboxylic acids is 1. The molecule has 0 bridgehead atoms. The van der Waals surface area contributed by atoms with E-state index in [9.17, 15) is 4.79 Å². The molecule has 0 fully saturated rings. The molecule has 1 N–H and O–H groups in total. The molecule has 0 aliphatic carbocycles. The van der Waals surface area contributed by atoms with Gasteiger partial charge in [-0.05, 0) is 6.92 Å². The SMILES string of the molecule is C=C(C)C(=O)N[Si](OC)(OC)OC. The fraction of sp³-hybridized carbons (Fsp3) is 0.571. The lowest BCUT2D eigenvalue weighted by molar-refractivity contribution is -0.117. The minimum Gasteiger partial charge on any atom is -0.360 e. The van der Waals surface area contributed by atoms with Gasteiger partial charge < -0.3 is 18.3 Å². The largest absolute Gasteiger partial charge is 0.632 e. The van der Waals surface area contributed by atoms with Crippen molar-refractivity contribution in [2.24, 2.45) is 0 Å². The molecule has 13 heavy (non-hydrogen) atoms. The van der Waals surface area contributed by atoms with Gasteiger partial charge in [0.15, 0.2) is 0 Å². The van der Waals surface area contributed by atoms with Gasteiger partial charge in [-0.1, -0.05) is 6.58 Å². The molecule has 5 nitrogen and oxygen atoms in total. The molecule has 0 rings (SSSR count). The first-order chi connectivity index (χ1) is 6.01. The standard InChI is InChI=1S/C7H15NO4Si/c1-6(2)7(9)8-13(10-3,11-4)12-5/h1H2,2-5H3,(H,8,9). The second-order valence-corrected chi connectivity index (χ2v) is 4.99. The highest BCUT2D eigenvalue weighted by Gasteiger charge is 2.41. The molecule has 0 unspecified atom stereocenters. The topological polar surface area (TPSA) is 56.8 Å². The van der Waals surface area contributed by atoms with E-state index in [1.54, 1.807) is 6.92 Å². The Balaban J connectivity index is 4.42. The average Bonchev–Trinajstić information content (AvgIpc) is 2.14. The van der Waals surface area contributed by atoms with E-state index >= 15 is 0 Å². The highest BCUT2D eigenvalue weighted by molar-refractivity contribution is 6.61. The van der Waals surface area contributed by atoms with Crippen molar-refractivity contribution in [1.82, 2.24) is 4.98 Å². The summed E-state index contributed by atoms with van der Waals surface area (Å²) in [6, 6.07) is 0. The third-order valence-corrected chi connectivity index (χ3v) is 3.61. The van der Waals surface area contributed by atoms with Crippen molar-refractivity contribution in [3.63, 3.8) is 0 Å². The maximum Gasteiger partial charge on any atom is 0.632 e. The van der Waals surface area contributed by atoms with E-state index in [1.165, 1.54) is 21.3 Å². The van der Waals surface area contributed by atoms with Crippen molar-refractivity contribution in [2.75, 3.05) is 21.3 Å². The summed E-state index contributed by atoms with van der Waals surface area (Å²) in [7, 11) is 1.24. The molecule has 0 aromatic heterocycles. The van der Waals surface area contributed by atoms with Crippen molar-refractivity contribution in [3.05, 3.63) is 12.2 Å². The zero-order valence-electron chi connectivity index (χ0n) is 8.34. The molecule has 0 heterocycles. The summed E-state index contributed by atoms with van der Waals surface area (Å²) in [6.45, 7) is 5.08. The molecular formula is C7H15NO4Si. The minimum atomic E-state index is -3.00. The van der Waals surface area contributed by atoms with E-state index < -0.39 is 8.97 Å². The molecule has 0 spiro atoms. The monoisotopic (exact) mass is 205 g/mol. The Morgan fingerprint density at radius 1 is 1.23 bits per heavy atom. The molecule has 0 aliphatic rings. The minimum absolute atomic E-state index is 0.336. The van der Waals surface area contributed by atoms with Crippen LogP contribution in [0.4, 0.5) is 0 Å². The summed E-state index contributed by atoms with van der Waals surface area (Å²) in [5.41, 5.74) is 0.378. The van der Waals surface area contributed by atoms with Crippen LogP contribution in [0, 0.1) is 0 Å². The highest BCUT2D eigenvalue weighted by Crippen LogP contribution is 2.02. The Labute approximate surface area is 79.1 Å². The first-order valence-electron chi connectivity index (χ1n) is 3.64. The molecule has 0 radical (unpaired) electrons. The summed E-state index contributed by atoms with van der Waals surface area (Å²) in [6.07, 6.45) is 0. The number of hydrogen-bond acceptors (Lipinski definition) is 4. The van der Waals surface area contributed by atoms with Crippen LogP contribution in [0.25, 0.3) is 0 Å². The molecule has 6 heteroatoms. The van der Waals surface area contributed by atoms with Gasteiger partial charge >= 0.3 is 8.97 Å². The molecule has 0 saturated heterocycles. The third-order valence-electron chi connectivity index (χ3n) is 1.46. The van der Waals surface area contributed by atoms with E-state index in [1.807, 2.05) is 0 Å². The zero-order chi connectivity index (χ0) is 10.5. The van der Waals surface area contributed by atoms with Crippen LogP contribution in [0.2, 0.25) is 0 Å². The van der Waals surface area contributed by atoms with Gasteiger partial charge in [-0.3, -0.25) is 4.79 Å². The van der Waals surface area contributed by atoms with Crippen LogP contribution in [0.3, 0.4) is 0 Å². The maximum atomic E-state index is 11.2. The van der Waals surface area contributed by atoms with Crippen LogP contribution in [-0.4, -0.2) is 36.2 Å². The lowest BCUT2D eigenvalue weighted by atomic mass is 10.3. The number of hydrogen-bond donors (Lipinski definition) is 1. The van der Waals surface area contributed by atoms with Crippen LogP contribution in [0.15, 0.2) is 12.2 Å². The second kappa shape index (κ2) is 5.13. The molecule has 0 aromatic rings. The maximum absolute atomic E-state index is 11.2. The number of amides is 1. The summed E-state index contributed by atoms with van der Waals surface area (Å²) in [4.78, 5) is 13.7. The van der Waals surface area contributed by atoms with Crippen LogP contribution >= 0.6 is 0 Å². The summed E-state index contributed by atoms with van der Waals surface area (Å²) < 4.78 is 14.9. The second-order valence-electron chi connectivity index (χ2n) is 2.40.